The first-order valence-electron chi connectivity index (χ1n) is 7.00. The van der Waals surface area contributed by atoms with Crippen LogP contribution in [0.15, 0.2) is 0 Å². The summed E-state index contributed by atoms with van der Waals surface area (Å²) in [5.41, 5.74) is 0. The van der Waals surface area contributed by atoms with Crippen molar-refractivity contribution < 1.29 is 9.90 Å². The van der Waals surface area contributed by atoms with Crippen LogP contribution in [0.1, 0.15) is 59.3 Å². The van der Waals surface area contributed by atoms with Crippen LogP contribution < -0.4 is 0 Å². The minimum Gasteiger partial charge on any atom is -0.481 e. The molecule has 0 aliphatic heterocycles. The summed E-state index contributed by atoms with van der Waals surface area (Å²) in [5, 5.41) is 8.71. The smallest absolute Gasteiger partial charge is 0.304 e. The highest BCUT2D eigenvalue weighted by Crippen LogP contribution is 2.06. The monoisotopic (exact) mass is 243 g/mol. The minimum absolute atomic E-state index is 0.266. The van der Waals surface area contributed by atoms with E-state index in [1.165, 1.54) is 32.1 Å². The summed E-state index contributed by atoms with van der Waals surface area (Å²) in [6.45, 7) is 9.35. The summed E-state index contributed by atoms with van der Waals surface area (Å²) in [6, 6.07) is 0. The molecule has 0 spiro atoms. The van der Waals surface area contributed by atoms with Gasteiger partial charge in [0.15, 0.2) is 0 Å². The Morgan fingerprint density at radius 2 is 1.76 bits per heavy atom. The molecule has 17 heavy (non-hydrogen) atoms. The van der Waals surface area contributed by atoms with Gasteiger partial charge in [-0.25, -0.2) is 0 Å². The Morgan fingerprint density at radius 1 is 1.12 bits per heavy atom. The van der Waals surface area contributed by atoms with Crippen LogP contribution >= 0.6 is 0 Å². The summed E-state index contributed by atoms with van der Waals surface area (Å²) >= 11 is 0. The number of carboxylic acid groups (broad SMARTS) is 1. The molecule has 0 heterocycles. The summed E-state index contributed by atoms with van der Waals surface area (Å²) in [7, 11) is 0. The lowest BCUT2D eigenvalue weighted by molar-refractivity contribution is -0.137. The summed E-state index contributed by atoms with van der Waals surface area (Å²) < 4.78 is 0. The standard InChI is InChI=1S/C14H29NO2/c1-4-5-6-7-8-10-15(12-13(2)3)11-9-14(16)17/h13H,4-12H2,1-3H3,(H,16,17). The molecule has 0 amide bonds. The Bertz CT molecular complexity index is 193. The van der Waals surface area contributed by atoms with E-state index in [4.69, 9.17) is 5.11 Å². The van der Waals surface area contributed by atoms with E-state index in [2.05, 4.69) is 25.7 Å². The van der Waals surface area contributed by atoms with E-state index >= 15 is 0 Å². The molecule has 0 atom stereocenters. The molecule has 0 aliphatic carbocycles. The van der Waals surface area contributed by atoms with Crippen molar-refractivity contribution >= 4 is 5.97 Å². The van der Waals surface area contributed by atoms with Gasteiger partial charge >= 0.3 is 5.97 Å². The third-order valence-electron chi connectivity index (χ3n) is 2.84. The van der Waals surface area contributed by atoms with Crippen LogP contribution in [0.2, 0.25) is 0 Å². The van der Waals surface area contributed by atoms with Crippen molar-refractivity contribution in [2.75, 3.05) is 19.6 Å². The quantitative estimate of drug-likeness (QED) is 0.565. The average Bonchev–Trinajstić information content (AvgIpc) is 2.24. The first-order valence-corrected chi connectivity index (χ1v) is 7.00. The van der Waals surface area contributed by atoms with E-state index in [0.29, 0.717) is 12.5 Å². The zero-order valence-electron chi connectivity index (χ0n) is 11.7. The van der Waals surface area contributed by atoms with Crippen LogP contribution in [-0.2, 0) is 4.79 Å². The van der Waals surface area contributed by atoms with Gasteiger partial charge in [-0.05, 0) is 18.9 Å². The lowest BCUT2D eigenvalue weighted by Gasteiger charge is -2.23. The van der Waals surface area contributed by atoms with Crippen molar-refractivity contribution in [1.82, 2.24) is 4.90 Å². The Balaban J connectivity index is 3.72. The van der Waals surface area contributed by atoms with Crippen molar-refractivity contribution in [2.24, 2.45) is 5.92 Å². The molecule has 0 aromatic carbocycles. The first-order chi connectivity index (χ1) is 8.06. The molecule has 0 bridgehead atoms. The molecular weight excluding hydrogens is 214 g/mol. The number of carbonyl (C=O) groups is 1. The van der Waals surface area contributed by atoms with E-state index in [-0.39, 0.29) is 6.42 Å². The molecule has 0 unspecified atom stereocenters. The second-order valence-corrected chi connectivity index (χ2v) is 5.25. The van der Waals surface area contributed by atoms with Gasteiger partial charge in [0.2, 0.25) is 0 Å². The molecule has 0 aromatic rings. The van der Waals surface area contributed by atoms with Crippen LogP contribution in [0, 0.1) is 5.92 Å². The van der Waals surface area contributed by atoms with Gasteiger partial charge in [-0.2, -0.15) is 0 Å². The Kier molecular flexibility index (Phi) is 10.2. The maximum atomic E-state index is 10.6. The normalized spacial score (nSPS) is 11.4. The number of unbranched alkanes of at least 4 members (excludes halogenated alkanes) is 4. The minimum atomic E-state index is -0.690. The highest BCUT2D eigenvalue weighted by atomic mass is 16.4. The third-order valence-corrected chi connectivity index (χ3v) is 2.84. The third kappa shape index (κ3) is 11.7. The van der Waals surface area contributed by atoms with Crippen LogP contribution in [0.4, 0.5) is 0 Å². The Labute approximate surface area is 106 Å². The molecule has 0 fully saturated rings. The molecule has 1 N–H and O–H groups in total. The van der Waals surface area contributed by atoms with Gasteiger partial charge in [-0.15, -0.1) is 0 Å². The van der Waals surface area contributed by atoms with Crippen molar-refractivity contribution in [3.8, 4) is 0 Å². The van der Waals surface area contributed by atoms with Crippen molar-refractivity contribution in [3.05, 3.63) is 0 Å². The molecule has 3 heteroatoms. The van der Waals surface area contributed by atoms with E-state index in [1.54, 1.807) is 0 Å². The molecule has 0 aliphatic rings. The Hall–Kier alpha value is -0.570. The number of rotatable bonds is 11. The van der Waals surface area contributed by atoms with Gasteiger partial charge in [0.1, 0.15) is 0 Å². The first kappa shape index (κ1) is 16.4. The summed E-state index contributed by atoms with van der Waals surface area (Å²) in [4.78, 5) is 12.9. The second kappa shape index (κ2) is 10.6. The number of aliphatic carboxylic acids is 1. The molecule has 0 saturated heterocycles. The maximum Gasteiger partial charge on any atom is 0.304 e. The lowest BCUT2D eigenvalue weighted by atomic mass is 10.1. The number of hydrogen-bond donors (Lipinski definition) is 1. The number of hydrogen-bond acceptors (Lipinski definition) is 2. The van der Waals surface area contributed by atoms with Crippen molar-refractivity contribution in [1.29, 1.82) is 0 Å². The molecule has 0 rings (SSSR count). The van der Waals surface area contributed by atoms with Gasteiger partial charge < -0.3 is 10.0 Å². The molecule has 3 nitrogen and oxygen atoms in total. The zero-order valence-corrected chi connectivity index (χ0v) is 11.7. The van der Waals surface area contributed by atoms with E-state index in [9.17, 15) is 4.79 Å². The molecule has 102 valence electrons. The maximum absolute atomic E-state index is 10.6. The van der Waals surface area contributed by atoms with Crippen LogP contribution in [-0.4, -0.2) is 35.6 Å². The lowest BCUT2D eigenvalue weighted by Crippen LogP contribution is -2.31. The van der Waals surface area contributed by atoms with Gasteiger partial charge in [0.05, 0.1) is 6.42 Å². The summed E-state index contributed by atoms with van der Waals surface area (Å²) in [5.74, 6) is -0.0795. The van der Waals surface area contributed by atoms with Gasteiger partial charge in [-0.1, -0.05) is 46.5 Å². The molecule has 0 aromatic heterocycles. The fraction of sp³-hybridized carbons (Fsp3) is 0.929. The fourth-order valence-corrected chi connectivity index (χ4v) is 2.00. The zero-order chi connectivity index (χ0) is 13.1. The van der Waals surface area contributed by atoms with E-state index in [0.717, 1.165) is 13.1 Å². The fourth-order valence-electron chi connectivity index (χ4n) is 2.00. The predicted octanol–water partition coefficient (Wildman–Crippen LogP) is 3.39. The Morgan fingerprint density at radius 3 is 2.29 bits per heavy atom. The highest BCUT2D eigenvalue weighted by Gasteiger charge is 2.08. The number of carboxylic acids is 1. The number of nitrogens with zero attached hydrogens (tertiary/aromatic N) is 1. The highest BCUT2D eigenvalue weighted by molar-refractivity contribution is 5.66. The van der Waals surface area contributed by atoms with Gasteiger partial charge in [-0.3, -0.25) is 4.79 Å². The van der Waals surface area contributed by atoms with E-state index < -0.39 is 5.97 Å². The van der Waals surface area contributed by atoms with Crippen LogP contribution in [0.25, 0.3) is 0 Å². The van der Waals surface area contributed by atoms with Crippen molar-refractivity contribution in [2.45, 2.75) is 59.3 Å². The second-order valence-electron chi connectivity index (χ2n) is 5.25. The van der Waals surface area contributed by atoms with Gasteiger partial charge in [0.25, 0.3) is 0 Å². The average molecular weight is 243 g/mol. The van der Waals surface area contributed by atoms with Crippen LogP contribution in [0.3, 0.4) is 0 Å². The topological polar surface area (TPSA) is 40.5 Å². The SMILES string of the molecule is CCCCCCCN(CCC(=O)O)CC(C)C. The molecule has 0 saturated carbocycles. The predicted molar refractivity (Wildman–Crippen MR) is 72.3 cm³/mol. The van der Waals surface area contributed by atoms with Gasteiger partial charge in [0, 0.05) is 13.1 Å². The van der Waals surface area contributed by atoms with E-state index in [1.807, 2.05) is 0 Å². The molecule has 0 radical (unpaired) electrons. The largest absolute Gasteiger partial charge is 0.481 e. The molecular formula is C14H29NO2. The van der Waals surface area contributed by atoms with Crippen LogP contribution in [0.5, 0.6) is 0 Å². The van der Waals surface area contributed by atoms with Crippen molar-refractivity contribution in [3.63, 3.8) is 0 Å². The summed E-state index contributed by atoms with van der Waals surface area (Å²) in [6.07, 6.45) is 6.64.